The third kappa shape index (κ3) is 6.80. The van der Waals surface area contributed by atoms with Crippen molar-refractivity contribution in [2.45, 2.75) is 31.0 Å². The largest absolute Gasteiger partial charge is 0.416 e. The molecule has 0 amide bonds. The summed E-state index contributed by atoms with van der Waals surface area (Å²) in [5.41, 5.74) is 0.871. The Morgan fingerprint density at radius 3 is 2.16 bits per heavy atom. The average molecular weight is 551 g/mol. The predicted molar refractivity (Wildman–Crippen MR) is 123 cm³/mol. The van der Waals surface area contributed by atoms with E-state index in [-0.39, 0.29) is 35.2 Å². The molecular weight excluding hydrogens is 525 g/mol. The molecule has 1 saturated heterocycles. The average Bonchev–Trinajstić information content (AvgIpc) is 2.74. The number of rotatable bonds is 5. The number of alkyl halides is 3. The maximum absolute atomic E-state index is 13.4. The molecule has 0 saturated carbocycles. The van der Waals surface area contributed by atoms with Crippen molar-refractivity contribution in [1.82, 2.24) is 10.6 Å². The van der Waals surface area contributed by atoms with Crippen molar-refractivity contribution in [3.8, 4) is 0 Å². The molecule has 0 radical (unpaired) electrons. The standard InChI is InChI=1S/C22H25F4N3O.HI/c1-27-20(28-14-16-2-4-18(5-3-16)22(24,25)26)29-15-21(10-12-30-13-11-21)17-6-8-19(23)9-7-17;/h2-9H,10-15H2,1H3,(H2,27,28,29);1H. The van der Waals surface area contributed by atoms with Gasteiger partial charge in [-0.25, -0.2) is 4.39 Å². The van der Waals surface area contributed by atoms with E-state index in [1.807, 2.05) is 0 Å². The molecule has 1 heterocycles. The summed E-state index contributed by atoms with van der Waals surface area (Å²) in [6, 6.07) is 11.6. The normalized spacial score (nSPS) is 16.4. The Morgan fingerprint density at radius 2 is 1.61 bits per heavy atom. The van der Waals surface area contributed by atoms with Crippen molar-refractivity contribution < 1.29 is 22.3 Å². The highest BCUT2D eigenvalue weighted by molar-refractivity contribution is 14.0. The number of guanidine groups is 1. The fraction of sp³-hybridized carbons (Fsp3) is 0.409. The molecule has 9 heteroatoms. The van der Waals surface area contributed by atoms with Crippen LogP contribution in [-0.4, -0.2) is 32.8 Å². The van der Waals surface area contributed by atoms with Gasteiger partial charge in [0.15, 0.2) is 5.96 Å². The van der Waals surface area contributed by atoms with Crippen LogP contribution < -0.4 is 10.6 Å². The van der Waals surface area contributed by atoms with Crippen LogP contribution in [0, 0.1) is 5.82 Å². The zero-order chi connectivity index (χ0) is 21.6. The molecule has 1 aliphatic heterocycles. The van der Waals surface area contributed by atoms with E-state index in [2.05, 4.69) is 15.6 Å². The van der Waals surface area contributed by atoms with Gasteiger partial charge in [0, 0.05) is 38.8 Å². The number of hydrogen-bond donors (Lipinski definition) is 2. The van der Waals surface area contributed by atoms with E-state index < -0.39 is 11.7 Å². The Hall–Kier alpha value is -1.88. The second-order valence-electron chi connectivity index (χ2n) is 7.37. The number of nitrogens with one attached hydrogen (secondary N) is 2. The summed E-state index contributed by atoms with van der Waals surface area (Å²) in [5.74, 6) is 0.269. The zero-order valence-corrected chi connectivity index (χ0v) is 19.5. The molecule has 4 nitrogen and oxygen atoms in total. The monoisotopic (exact) mass is 551 g/mol. The summed E-state index contributed by atoms with van der Waals surface area (Å²) in [4.78, 5) is 4.21. The lowest BCUT2D eigenvalue weighted by Crippen LogP contribution is -2.47. The molecule has 2 aromatic rings. The second kappa shape index (κ2) is 11.1. The Morgan fingerprint density at radius 1 is 1.00 bits per heavy atom. The Labute approximate surface area is 196 Å². The molecule has 2 N–H and O–H groups in total. The Bertz CT molecular complexity index is 849. The number of hydrogen-bond acceptors (Lipinski definition) is 2. The van der Waals surface area contributed by atoms with Gasteiger partial charge in [0.05, 0.1) is 5.56 Å². The molecule has 0 unspecified atom stereocenters. The lowest BCUT2D eigenvalue weighted by Gasteiger charge is -2.38. The van der Waals surface area contributed by atoms with Gasteiger partial charge in [-0.3, -0.25) is 4.99 Å². The van der Waals surface area contributed by atoms with E-state index in [1.54, 1.807) is 19.2 Å². The molecule has 31 heavy (non-hydrogen) atoms. The lowest BCUT2D eigenvalue weighted by atomic mass is 9.74. The topological polar surface area (TPSA) is 45.7 Å². The van der Waals surface area contributed by atoms with Crippen LogP contribution in [0.25, 0.3) is 0 Å². The van der Waals surface area contributed by atoms with E-state index in [4.69, 9.17) is 4.74 Å². The molecule has 2 aromatic carbocycles. The third-order valence-corrected chi connectivity index (χ3v) is 5.47. The summed E-state index contributed by atoms with van der Waals surface area (Å²) in [6.07, 6.45) is -2.76. The second-order valence-corrected chi connectivity index (χ2v) is 7.37. The summed E-state index contributed by atoms with van der Waals surface area (Å²) >= 11 is 0. The number of nitrogens with zero attached hydrogens (tertiary/aromatic N) is 1. The first kappa shape index (κ1) is 25.4. The minimum atomic E-state index is -4.35. The van der Waals surface area contributed by atoms with Gasteiger partial charge in [-0.05, 0) is 48.2 Å². The number of ether oxygens (including phenoxy) is 1. The van der Waals surface area contributed by atoms with Gasteiger partial charge in [0.2, 0.25) is 0 Å². The van der Waals surface area contributed by atoms with Crippen LogP contribution in [0.15, 0.2) is 53.5 Å². The first-order chi connectivity index (χ1) is 14.3. The highest BCUT2D eigenvalue weighted by Gasteiger charge is 2.34. The summed E-state index contributed by atoms with van der Waals surface area (Å²) in [7, 11) is 1.64. The van der Waals surface area contributed by atoms with Crippen LogP contribution in [0.1, 0.15) is 29.5 Å². The van der Waals surface area contributed by atoms with Crippen molar-refractivity contribution in [1.29, 1.82) is 0 Å². The van der Waals surface area contributed by atoms with Crippen LogP contribution in [0.4, 0.5) is 17.6 Å². The van der Waals surface area contributed by atoms with Crippen molar-refractivity contribution >= 4 is 29.9 Å². The Balaban J connectivity index is 0.00000341. The third-order valence-electron chi connectivity index (χ3n) is 5.47. The zero-order valence-electron chi connectivity index (χ0n) is 17.1. The molecule has 3 rings (SSSR count). The summed E-state index contributed by atoms with van der Waals surface area (Å²) in [5, 5.41) is 6.44. The first-order valence-corrected chi connectivity index (χ1v) is 9.77. The highest BCUT2D eigenvalue weighted by Crippen LogP contribution is 2.34. The van der Waals surface area contributed by atoms with Crippen LogP contribution in [0.3, 0.4) is 0 Å². The fourth-order valence-corrected chi connectivity index (χ4v) is 3.60. The van der Waals surface area contributed by atoms with E-state index in [0.717, 1.165) is 30.5 Å². The summed E-state index contributed by atoms with van der Waals surface area (Å²) < 4.78 is 56.9. The minimum absolute atomic E-state index is 0. The van der Waals surface area contributed by atoms with Crippen molar-refractivity contribution in [3.63, 3.8) is 0 Å². The maximum atomic E-state index is 13.4. The molecule has 0 bridgehead atoms. The van der Waals surface area contributed by atoms with Gasteiger partial charge < -0.3 is 15.4 Å². The van der Waals surface area contributed by atoms with Crippen molar-refractivity contribution in [3.05, 3.63) is 71.0 Å². The minimum Gasteiger partial charge on any atom is -0.381 e. The molecule has 0 spiro atoms. The molecule has 170 valence electrons. The lowest BCUT2D eigenvalue weighted by molar-refractivity contribution is -0.137. The van der Waals surface area contributed by atoms with Gasteiger partial charge in [-0.2, -0.15) is 13.2 Å². The molecule has 1 fully saturated rings. The van der Waals surface area contributed by atoms with E-state index >= 15 is 0 Å². The molecule has 1 aliphatic rings. The van der Waals surface area contributed by atoms with Gasteiger partial charge in [0.1, 0.15) is 5.82 Å². The fourth-order valence-electron chi connectivity index (χ4n) is 3.60. The highest BCUT2D eigenvalue weighted by atomic mass is 127. The Kier molecular flexibility index (Phi) is 9.11. The van der Waals surface area contributed by atoms with Crippen molar-refractivity contribution in [2.75, 3.05) is 26.8 Å². The SMILES string of the molecule is CN=C(NCc1ccc(C(F)(F)F)cc1)NCC1(c2ccc(F)cc2)CCOCC1.I. The number of aliphatic imine (C=N–C) groups is 1. The molecule has 0 atom stereocenters. The first-order valence-electron chi connectivity index (χ1n) is 9.77. The van der Waals surface area contributed by atoms with E-state index in [9.17, 15) is 17.6 Å². The maximum Gasteiger partial charge on any atom is 0.416 e. The van der Waals surface area contributed by atoms with Crippen LogP contribution >= 0.6 is 24.0 Å². The summed E-state index contributed by atoms with van der Waals surface area (Å²) in [6.45, 7) is 2.16. The molecular formula is C22H26F4IN3O. The number of benzene rings is 2. The van der Waals surface area contributed by atoms with Gasteiger partial charge >= 0.3 is 6.18 Å². The quantitative estimate of drug-likeness (QED) is 0.241. The van der Waals surface area contributed by atoms with Gasteiger partial charge in [0.25, 0.3) is 0 Å². The van der Waals surface area contributed by atoms with Gasteiger partial charge in [-0.15, -0.1) is 24.0 Å². The molecule has 0 aromatic heterocycles. The van der Waals surface area contributed by atoms with Crippen LogP contribution in [0.2, 0.25) is 0 Å². The number of halogens is 5. The van der Waals surface area contributed by atoms with Crippen LogP contribution in [-0.2, 0) is 22.9 Å². The van der Waals surface area contributed by atoms with E-state index in [0.29, 0.717) is 37.8 Å². The van der Waals surface area contributed by atoms with Gasteiger partial charge in [-0.1, -0.05) is 24.3 Å². The van der Waals surface area contributed by atoms with Crippen LogP contribution in [0.5, 0.6) is 0 Å². The van der Waals surface area contributed by atoms with E-state index in [1.165, 1.54) is 24.3 Å². The van der Waals surface area contributed by atoms with Crippen molar-refractivity contribution in [2.24, 2.45) is 4.99 Å². The smallest absolute Gasteiger partial charge is 0.381 e. The molecule has 0 aliphatic carbocycles. The predicted octanol–water partition coefficient (Wildman–Crippen LogP) is 4.88.